The Morgan fingerprint density at radius 2 is 2.02 bits per heavy atom. The zero-order chi connectivity index (χ0) is 31.2. The van der Waals surface area contributed by atoms with Gasteiger partial charge in [-0.1, -0.05) is 23.7 Å². The highest BCUT2D eigenvalue weighted by Gasteiger charge is 2.32. The molecule has 3 aliphatic rings. The number of imidazole rings is 1. The van der Waals surface area contributed by atoms with Crippen molar-refractivity contribution < 1.29 is 14.3 Å². The summed E-state index contributed by atoms with van der Waals surface area (Å²) in [6.45, 7) is 6.69. The van der Waals surface area contributed by atoms with Crippen LogP contribution < -0.4 is 19.3 Å². The highest BCUT2D eigenvalue weighted by molar-refractivity contribution is 6.36. The molecule has 0 radical (unpaired) electrons. The lowest BCUT2D eigenvalue weighted by atomic mass is 10.0. The van der Waals surface area contributed by atoms with Gasteiger partial charge in [0.1, 0.15) is 18.2 Å². The van der Waals surface area contributed by atoms with Crippen LogP contribution in [0.4, 0.5) is 16.3 Å². The van der Waals surface area contributed by atoms with Crippen molar-refractivity contribution in [2.45, 2.75) is 57.9 Å². The summed E-state index contributed by atoms with van der Waals surface area (Å²) in [4.78, 5) is 35.4. The van der Waals surface area contributed by atoms with Crippen molar-refractivity contribution in [3.63, 3.8) is 0 Å². The standard InChI is InChI=1S/C33H39ClN8O3/c1-21-16-41-20-35-15-24(41)17-42(21)31-26-10-12-40(18-28(26)36-32(37-31)44-19-23-8-6-11-39(23)4)29-14-25(45-33(43)38(2)3)13-22-7-5-9-27(34)30(22)29/h5,7,9,13-15,20-21,23H,6,8,10-12,16-19H2,1-4H3/t21-,23+/m1/s1. The lowest BCUT2D eigenvalue weighted by molar-refractivity contribution is 0.172. The van der Waals surface area contributed by atoms with Gasteiger partial charge in [-0.05, 0) is 57.3 Å². The number of benzene rings is 2. The summed E-state index contributed by atoms with van der Waals surface area (Å²) in [5, 5.41) is 2.46. The quantitative estimate of drug-likeness (QED) is 0.292. The Labute approximate surface area is 268 Å². The maximum Gasteiger partial charge on any atom is 0.414 e. The SMILES string of the molecule is C[C@@H]1Cn2cncc2CN1c1nc(OC[C@@H]2CCCN2C)nc2c1CCN(c1cc(OC(=O)N(C)C)cc3cccc(Cl)c13)C2. The number of anilines is 2. The predicted octanol–water partition coefficient (Wildman–Crippen LogP) is 4.98. The molecule has 12 heteroatoms. The van der Waals surface area contributed by atoms with Gasteiger partial charge in [0.25, 0.3) is 0 Å². The minimum atomic E-state index is -0.435. The molecule has 0 bridgehead atoms. The van der Waals surface area contributed by atoms with E-state index in [-0.39, 0.29) is 6.04 Å². The van der Waals surface area contributed by atoms with Crippen molar-refractivity contribution in [1.29, 1.82) is 0 Å². The summed E-state index contributed by atoms with van der Waals surface area (Å²) >= 11 is 6.80. The van der Waals surface area contributed by atoms with Crippen LogP contribution in [-0.2, 0) is 26.1 Å². The van der Waals surface area contributed by atoms with E-state index < -0.39 is 6.09 Å². The number of amides is 1. The van der Waals surface area contributed by atoms with Crippen molar-refractivity contribution in [1.82, 2.24) is 29.3 Å². The predicted molar refractivity (Wildman–Crippen MR) is 174 cm³/mol. The molecular formula is C33H39ClN8O3. The van der Waals surface area contributed by atoms with Gasteiger partial charge in [-0.15, -0.1) is 0 Å². The van der Waals surface area contributed by atoms with Gasteiger partial charge in [0, 0.05) is 62.5 Å². The van der Waals surface area contributed by atoms with Crippen LogP contribution in [0, 0.1) is 0 Å². The summed E-state index contributed by atoms with van der Waals surface area (Å²) in [7, 11) is 5.48. The molecule has 2 aromatic carbocycles. The number of rotatable bonds is 6. The molecule has 1 fully saturated rings. The lowest BCUT2D eigenvalue weighted by Gasteiger charge is -2.39. The third-order valence-corrected chi connectivity index (χ3v) is 9.60. The molecule has 1 saturated heterocycles. The van der Waals surface area contributed by atoms with Crippen LogP contribution >= 0.6 is 11.6 Å². The molecule has 3 aliphatic heterocycles. The van der Waals surface area contributed by atoms with Crippen LogP contribution in [0.2, 0.25) is 5.02 Å². The fourth-order valence-corrected chi connectivity index (χ4v) is 7.01. The van der Waals surface area contributed by atoms with Gasteiger partial charge < -0.3 is 33.6 Å². The first kappa shape index (κ1) is 29.6. The van der Waals surface area contributed by atoms with Crippen molar-refractivity contribution >= 4 is 40.0 Å². The van der Waals surface area contributed by atoms with E-state index in [1.807, 2.05) is 42.9 Å². The number of likely N-dealkylation sites (tertiary alicyclic amines) is 1. The van der Waals surface area contributed by atoms with Gasteiger partial charge in [0.2, 0.25) is 0 Å². The number of ether oxygens (including phenoxy) is 2. The molecule has 5 heterocycles. The average Bonchev–Trinajstić information content (AvgIpc) is 3.66. The molecule has 11 nitrogen and oxygen atoms in total. The molecule has 2 aromatic heterocycles. The fourth-order valence-electron chi connectivity index (χ4n) is 6.73. The number of hydrogen-bond donors (Lipinski definition) is 0. The summed E-state index contributed by atoms with van der Waals surface area (Å²) in [5.74, 6) is 1.40. The molecule has 0 spiro atoms. The second kappa shape index (κ2) is 12.0. The smallest absolute Gasteiger partial charge is 0.414 e. The highest BCUT2D eigenvalue weighted by Crippen LogP contribution is 2.40. The highest BCUT2D eigenvalue weighted by atomic mass is 35.5. The van der Waals surface area contributed by atoms with Crippen LogP contribution in [0.15, 0.2) is 42.9 Å². The Kier molecular flexibility index (Phi) is 7.91. The van der Waals surface area contributed by atoms with Crippen LogP contribution in [0.5, 0.6) is 11.8 Å². The Hall–Kier alpha value is -4.09. The summed E-state index contributed by atoms with van der Waals surface area (Å²) in [5.41, 5.74) is 4.14. The first-order valence-electron chi connectivity index (χ1n) is 15.6. The Morgan fingerprint density at radius 3 is 2.82 bits per heavy atom. The van der Waals surface area contributed by atoms with Gasteiger partial charge in [0.05, 0.1) is 41.5 Å². The monoisotopic (exact) mass is 630 g/mol. The molecular weight excluding hydrogens is 592 g/mol. The van der Waals surface area contributed by atoms with E-state index in [9.17, 15) is 4.79 Å². The first-order chi connectivity index (χ1) is 21.7. The van der Waals surface area contributed by atoms with Gasteiger partial charge in [-0.3, -0.25) is 0 Å². The topological polar surface area (TPSA) is 92.1 Å². The third-order valence-electron chi connectivity index (χ3n) is 9.28. The molecule has 7 rings (SSSR count). The van der Waals surface area contributed by atoms with E-state index in [1.165, 1.54) is 11.3 Å². The number of aromatic nitrogens is 4. The zero-order valence-electron chi connectivity index (χ0n) is 26.2. The zero-order valence-corrected chi connectivity index (χ0v) is 27.0. The number of hydrogen-bond acceptors (Lipinski definition) is 9. The summed E-state index contributed by atoms with van der Waals surface area (Å²) in [6.07, 6.45) is 6.43. The van der Waals surface area contributed by atoms with Crippen molar-refractivity contribution in [2.24, 2.45) is 0 Å². The number of carbonyl (C=O) groups is 1. The first-order valence-corrected chi connectivity index (χ1v) is 16.0. The Balaban J connectivity index is 1.27. The van der Waals surface area contributed by atoms with E-state index in [0.29, 0.717) is 36.0 Å². The Morgan fingerprint density at radius 1 is 1.16 bits per heavy atom. The molecule has 0 unspecified atom stereocenters. The maximum absolute atomic E-state index is 12.5. The van der Waals surface area contributed by atoms with Gasteiger partial charge in [-0.2, -0.15) is 9.97 Å². The van der Waals surface area contributed by atoms with Crippen LogP contribution in [-0.4, -0.2) is 88.3 Å². The second-order valence-electron chi connectivity index (χ2n) is 12.6. The second-order valence-corrected chi connectivity index (χ2v) is 13.0. The van der Waals surface area contributed by atoms with Crippen molar-refractivity contribution in [2.75, 3.05) is 50.6 Å². The molecule has 0 saturated carbocycles. The molecule has 4 aromatic rings. The fraction of sp³-hybridized carbons (Fsp3) is 0.455. The normalized spacial score (nSPS) is 19.8. The van der Waals surface area contributed by atoms with E-state index in [0.717, 1.165) is 78.2 Å². The van der Waals surface area contributed by atoms with E-state index in [4.69, 9.17) is 31.0 Å². The molecule has 45 heavy (non-hydrogen) atoms. The summed E-state index contributed by atoms with van der Waals surface area (Å²) in [6, 6.07) is 10.6. The number of likely N-dealkylation sites (N-methyl/N-ethyl adjacent to an activating group) is 1. The number of nitrogens with zero attached hydrogens (tertiary/aromatic N) is 8. The Bertz CT molecular complexity index is 1740. The largest absolute Gasteiger partial charge is 0.462 e. The van der Waals surface area contributed by atoms with E-state index in [1.54, 1.807) is 14.1 Å². The third kappa shape index (κ3) is 5.75. The molecule has 0 N–H and O–H groups in total. The van der Waals surface area contributed by atoms with Gasteiger partial charge >= 0.3 is 12.1 Å². The average molecular weight is 631 g/mol. The molecule has 236 valence electrons. The minimum absolute atomic E-state index is 0.225. The van der Waals surface area contributed by atoms with E-state index in [2.05, 4.69) is 38.2 Å². The molecule has 1 amide bonds. The number of fused-ring (bicyclic) bond motifs is 3. The summed E-state index contributed by atoms with van der Waals surface area (Å²) < 4.78 is 14.3. The molecule has 0 aliphatic carbocycles. The number of carbonyl (C=O) groups excluding carboxylic acids is 1. The van der Waals surface area contributed by atoms with E-state index >= 15 is 0 Å². The van der Waals surface area contributed by atoms with Crippen LogP contribution in [0.1, 0.15) is 36.7 Å². The van der Waals surface area contributed by atoms with Gasteiger partial charge in [-0.25, -0.2) is 9.78 Å². The maximum atomic E-state index is 12.5. The lowest BCUT2D eigenvalue weighted by Crippen LogP contribution is -2.43. The van der Waals surface area contributed by atoms with Gasteiger partial charge in [0.15, 0.2) is 0 Å². The van der Waals surface area contributed by atoms with Crippen LogP contribution in [0.25, 0.3) is 10.8 Å². The molecule has 2 atom stereocenters. The minimum Gasteiger partial charge on any atom is -0.462 e. The van der Waals surface area contributed by atoms with Crippen molar-refractivity contribution in [3.05, 3.63) is 64.8 Å². The number of halogens is 1. The van der Waals surface area contributed by atoms with Crippen LogP contribution in [0.3, 0.4) is 0 Å². The van der Waals surface area contributed by atoms with Crippen molar-refractivity contribution in [3.8, 4) is 11.8 Å².